The number of esters is 1. The van der Waals surface area contributed by atoms with Crippen LogP contribution in [-0.2, 0) is 15.3 Å². The van der Waals surface area contributed by atoms with Crippen molar-refractivity contribution in [2.75, 3.05) is 12.9 Å². The SMILES string of the molecule is CCOC(=O)[C@H]1[C@@H](c2ccc(Cl)cc2)C(C#N)=C(SC)N[C@]1(O)c1ccccc1. The van der Waals surface area contributed by atoms with Crippen molar-refractivity contribution in [1.29, 1.82) is 5.26 Å². The molecule has 150 valence electrons. The summed E-state index contributed by atoms with van der Waals surface area (Å²) in [5.74, 6) is -2.36. The summed E-state index contributed by atoms with van der Waals surface area (Å²) in [6, 6.07) is 18.1. The Morgan fingerprint density at radius 3 is 2.48 bits per heavy atom. The van der Waals surface area contributed by atoms with Crippen LogP contribution in [-0.4, -0.2) is 23.9 Å². The van der Waals surface area contributed by atoms with Gasteiger partial charge in [0.15, 0.2) is 5.72 Å². The molecule has 0 spiro atoms. The van der Waals surface area contributed by atoms with Crippen LogP contribution in [0.5, 0.6) is 0 Å². The van der Waals surface area contributed by atoms with E-state index in [9.17, 15) is 15.2 Å². The summed E-state index contributed by atoms with van der Waals surface area (Å²) in [5.41, 5.74) is -0.165. The molecule has 0 aliphatic carbocycles. The fraction of sp³-hybridized carbons (Fsp3) is 0.273. The molecule has 2 aromatic carbocycles. The van der Waals surface area contributed by atoms with Crippen molar-refractivity contribution < 1.29 is 14.6 Å². The molecule has 0 radical (unpaired) electrons. The lowest BCUT2D eigenvalue weighted by atomic mass is 9.71. The Morgan fingerprint density at radius 2 is 1.93 bits per heavy atom. The number of thioether (sulfide) groups is 1. The van der Waals surface area contributed by atoms with Crippen LogP contribution in [0.4, 0.5) is 0 Å². The van der Waals surface area contributed by atoms with Gasteiger partial charge in [-0.15, -0.1) is 11.8 Å². The van der Waals surface area contributed by atoms with Crippen molar-refractivity contribution in [3.8, 4) is 6.07 Å². The smallest absolute Gasteiger partial charge is 0.315 e. The molecule has 0 fully saturated rings. The van der Waals surface area contributed by atoms with Gasteiger partial charge in [-0.3, -0.25) is 4.79 Å². The van der Waals surface area contributed by atoms with Gasteiger partial charge in [-0.05, 0) is 30.9 Å². The Balaban J connectivity index is 2.28. The summed E-state index contributed by atoms with van der Waals surface area (Å²) in [5, 5.41) is 25.8. The fourth-order valence-electron chi connectivity index (χ4n) is 3.66. The molecule has 0 aromatic heterocycles. The number of carbonyl (C=O) groups is 1. The van der Waals surface area contributed by atoms with Crippen molar-refractivity contribution in [2.24, 2.45) is 5.92 Å². The van der Waals surface area contributed by atoms with Crippen LogP contribution in [0, 0.1) is 17.2 Å². The summed E-state index contributed by atoms with van der Waals surface area (Å²) in [7, 11) is 0. The largest absolute Gasteiger partial charge is 0.466 e. The first-order chi connectivity index (χ1) is 14.0. The Hall–Kier alpha value is -2.46. The highest BCUT2D eigenvalue weighted by Gasteiger charge is 2.54. The average molecular weight is 429 g/mol. The molecular formula is C22H21ClN2O3S. The van der Waals surface area contributed by atoms with Crippen LogP contribution in [0.1, 0.15) is 24.0 Å². The standard InChI is InChI=1S/C22H21ClN2O3S/c1-3-28-21(26)19-18(14-9-11-16(23)12-10-14)17(13-24)20(29-2)25-22(19,27)15-7-5-4-6-8-15/h4-12,18-19,25,27H,3H2,1-2H3/t18-,19+,22-/m0/s1. The van der Waals surface area contributed by atoms with E-state index in [1.165, 1.54) is 11.8 Å². The molecule has 0 saturated carbocycles. The molecule has 1 aliphatic rings. The third-order valence-electron chi connectivity index (χ3n) is 4.95. The van der Waals surface area contributed by atoms with E-state index in [4.69, 9.17) is 16.3 Å². The summed E-state index contributed by atoms with van der Waals surface area (Å²) < 4.78 is 5.33. The van der Waals surface area contributed by atoms with Gasteiger partial charge in [-0.25, -0.2) is 0 Å². The molecule has 3 atom stereocenters. The van der Waals surface area contributed by atoms with E-state index in [-0.39, 0.29) is 6.61 Å². The number of halogens is 1. The number of rotatable bonds is 5. The Morgan fingerprint density at radius 1 is 1.28 bits per heavy atom. The molecule has 5 nitrogen and oxygen atoms in total. The van der Waals surface area contributed by atoms with Crippen LogP contribution in [0.2, 0.25) is 5.02 Å². The zero-order chi connectivity index (χ0) is 21.0. The lowest BCUT2D eigenvalue weighted by Gasteiger charge is -2.45. The van der Waals surface area contributed by atoms with Gasteiger partial charge < -0.3 is 15.2 Å². The van der Waals surface area contributed by atoms with Gasteiger partial charge in [0.05, 0.1) is 23.3 Å². The maximum absolute atomic E-state index is 13.1. The zero-order valence-corrected chi connectivity index (χ0v) is 17.6. The number of benzene rings is 2. The topological polar surface area (TPSA) is 82.4 Å². The minimum Gasteiger partial charge on any atom is -0.466 e. The highest BCUT2D eigenvalue weighted by atomic mass is 35.5. The molecule has 29 heavy (non-hydrogen) atoms. The molecule has 2 N–H and O–H groups in total. The van der Waals surface area contributed by atoms with Crippen molar-refractivity contribution in [3.63, 3.8) is 0 Å². The average Bonchev–Trinajstić information content (AvgIpc) is 2.74. The number of nitrogens with zero attached hydrogens (tertiary/aromatic N) is 1. The van der Waals surface area contributed by atoms with E-state index in [2.05, 4.69) is 11.4 Å². The molecule has 0 amide bonds. The first-order valence-electron chi connectivity index (χ1n) is 9.12. The molecule has 7 heteroatoms. The summed E-state index contributed by atoms with van der Waals surface area (Å²) in [6.07, 6.45) is 1.81. The molecule has 3 rings (SSSR count). The summed E-state index contributed by atoms with van der Waals surface area (Å²) in [6.45, 7) is 1.87. The van der Waals surface area contributed by atoms with Gasteiger partial charge in [0, 0.05) is 16.5 Å². The fourth-order valence-corrected chi connectivity index (χ4v) is 4.44. The van der Waals surface area contributed by atoms with Crippen LogP contribution < -0.4 is 5.32 Å². The van der Waals surface area contributed by atoms with E-state index >= 15 is 0 Å². The normalized spacial score (nSPS) is 23.8. The number of ether oxygens (including phenoxy) is 1. The van der Waals surface area contributed by atoms with E-state index in [1.54, 1.807) is 55.5 Å². The van der Waals surface area contributed by atoms with E-state index < -0.39 is 23.5 Å². The first kappa shape index (κ1) is 21.3. The predicted octanol–water partition coefficient (Wildman–Crippen LogP) is 4.15. The number of allylic oxidation sites excluding steroid dienone is 1. The lowest BCUT2D eigenvalue weighted by molar-refractivity contribution is -0.164. The Bertz CT molecular complexity index is 956. The summed E-state index contributed by atoms with van der Waals surface area (Å²) in [4.78, 5) is 13.1. The maximum atomic E-state index is 13.1. The molecule has 0 saturated heterocycles. The zero-order valence-electron chi connectivity index (χ0n) is 16.1. The maximum Gasteiger partial charge on any atom is 0.315 e. The van der Waals surface area contributed by atoms with Crippen molar-refractivity contribution >= 4 is 29.3 Å². The second kappa shape index (κ2) is 8.91. The van der Waals surface area contributed by atoms with Crippen molar-refractivity contribution in [3.05, 3.63) is 81.3 Å². The number of hydrogen-bond acceptors (Lipinski definition) is 6. The van der Waals surface area contributed by atoms with E-state index in [0.29, 0.717) is 26.8 Å². The second-order valence-electron chi connectivity index (χ2n) is 6.58. The van der Waals surface area contributed by atoms with Crippen LogP contribution >= 0.6 is 23.4 Å². The number of nitriles is 1. The predicted molar refractivity (Wildman–Crippen MR) is 114 cm³/mol. The summed E-state index contributed by atoms with van der Waals surface area (Å²) >= 11 is 7.35. The number of hydrogen-bond donors (Lipinski definition) is 2. The highest BCUT2D eigenvalue weighted by Crippen LogP contribution is 2.48. The van der Waals surface area contributed by atoms with Crippen LogP contribution in [0.15, 0.2) is 65.2 Å². The third-order valence-corrected chi connectivity index (χ3v) is 5.93. The first-order valence-corrected chi connectivity index (χ1v) is 10.7. The molecule has 1 aliphatic heterocycles. The van der Waals surface area contributed by atoms with E-state index in [1.807, 2.05) is 12.3 Å². The molecule has 1 heterocycles. The van der Waals surface area contributed by atoms with Gasteiger partial charge in [-0.2, -0.15) is 5.26 Å². The lowest BCUT2D eigenvalue weighted by Crippen LogP contribution is -2.56. The van der Waals surface area contributed by atoms with E-state index in [0.717, 1.165) is 0 Å². The molecule has 0 unspecified atom stereocenters. The van der Waals surface area contributed by atoms with Crippen molar-refractivity contribution in [1.82, 2.24) is 5.32 Å². The Labute approximate surface area is 179 Å². The van der Waals surface area contributed by atoms with Gasteiger partial charge in [-0.1, -0.05) is 54.1 Å². The third kappa shape index (κ3) is 3.99. The second-order valence-corrected chi connectivity index (χ2v) is 7.83. The number of aliphatic hydroxyl groups is 1. The van der Waals surface area contributed by atoms with Gasteiger partial charge in [0.25, 0.3) is 0 Å². The molecular weight excluding hydrogens is 408 g/mol. The van der Waals surface area contributed by atoms with Crippen LogP contribution in [0.25, 0.3) is 0 Å². The minimum atomic E-state index is -1.75. The van der Waals surface area contributed by atoms with Crippen LogP contribution in [0.3, 0.4) is 0 Å². The highest BCUT2D eigenvalue weighted by molar-refractivity contribution is 8.02. The number of nitrogens with one attached hydrogen (secondary N) is 1. The van der Waals surface area contributed by atoms with Gasteiger partial charge in [0.2, 0.25) is 0 Å². The Kier molecular flexibility index (Phi) is 6.53. The van der Waals surface area contributed by atoms with Gasteiger partial charge in [0.1, 0.15) is 5.92 Å². The minimum absolute atomic E-state index is 0.161. The van der Waals surface area contributed by atoms with Gasteiger partial charge >= 0.3 is 5.97 Å². The quantitative estimate of drug-likeness (QED) is 0.696. The number of carbonyl (C=O) groups excluding carboxylic acids is 1. The molecule has 2 aromatic rings. The monoisotopic (exact) mass is 428 g/mol. The van der Waals surface area contributed by atoms with Crippen molar-refractivity contribution in [2.45, 2.75) is 18.6 Å². The molecule has 0 bridgehead atoms.